The Morgan fingerprint density at radius 3 is 2.40 bits per heavy atom. The second-order valence-electron chi connectivity index (χ2n) is 5.60. The van der Waals surface area contributed by atoms with Gasteiger partial charge in [0.1, 0.15) is 5.75 Å². The van der Waals surface area contributed by atoms with Gasteiger partial charge < -0.3 is 14.8 Å². The molecule has 0 radical (unpaired) electrons. The first-order valence-electron chi connectivity index (χ1n) is 7.85. The Morgan fingerprint density at radius 1 is 1.04 bits per heavy atom. The van der Waals surface area contributed by atoms with Gasteiger partial charge in [0.15, 0.2) is 6.61 Å². The van der Waals surface area contributed by atoms with E-state index < -0.39 is 11.9 Å². The molecule has 0 aliphatic heterocycles. The maximum absolute atomic E-state index is 11.8. The molecule has 2 rings (SSSR count). The third-order valence-electron chi connectivity index (χ3n) is 3.36. The number of hydrogen-bond donors (Lipinski definition) is 1. The van der Waals surface area contributed by atoms with E-state index in [1.807, 2.05) is 44.2 Å². The van der Waals surface area contributed by atoms with Crippen LogP contribution in [0.1, 0.15) is 17.5 Å². The number of anilines is 1. The number of amides is 1. The number of rotatable bonds is 7. The van der Waals surface area contributed by atoms with Gasteiger partial charge in [-0.25, -0.2) is 0 Å². The van der Waals surface area contributed by atoms with E-state index in [0.29, 0.717) is 16.5 Å². The molecule has 132 valence electrons. The zero-order valence-corrected chi connectivity index (χ0v) is 14.9. The lowest BCUT2D eigenvalue weighted by molar-refractivity contribution is -0.147. The first-order valence-corrected chi connectivity index (χ1v) is 8.23. The van der Waals surface area contributed by atoms with Gasteiger partial charge >= 0.3 is 5.97 Å². The summed E-state index contributed by atoms with van der Waals surface area (Å²) in [6.07, 6.45) is 0.0619. The highest BCUT2D eigenvalue weighted by Gasteiger charge is 2.10. The van der Waals surface area contributed by atoms with Crippen molar-refractivity contribution in [2.75, 3.05) is 18.5 Å². The van der Waals surface area contributed by atoms with Gasteiger partial charge in [0.25, 0.3) is 5.91 Å². The molecule has 0 aromatic heterocycles. The van der Waals surface area contributed by atoms with Crippen LogP contribution in [0.5, 0.6) is 5.75 Å². The monoisotopic (exact) mass is 361 g/mol. The van der Waals surface area contributed by atoms with Gasteiger partial charge in [-0.15, -0.1) is 0 Å². The van der Waals surface area contributed by atoms with E-state index in [0.717, 1.165) is 11.1 Å². The Labute approximate surface area is 151 Å². The van der Waals surface area contributed by atoms with Crippen LogP contribution < -0.4 is 10.1 Å². The fraction of sp³-hybridized carbons (Fsp3) is 0.263. The van der Waals surface area contributed by atoms with Crippen molar-refractivity contribution >= 4 is 29.2 Å². The standard InChI is InChI=1S/C19H20ClNO4/c1-13-3-6-15(7-4-13)24-10-9-19(23)25-12-18(22)21-17-8-5-14(2)11-16(17)20/h3-8,11H,9-10,12H2,1-2H3,(H,21,22). The molecular formula is C19H20ClNO4. The number of nitrogens with one attached hydrogen (secondary N) is 1. The minimum Gasteiger partial charge on any atom is -0.493 e. The van der Waals surface area contributed by atoms with Crippen molar-refractivity contribution in [3.8, 4) is 5.75 Å². The van der Waals surface area contributed by atoms with Crippen LogP contribution in [0.3, 0.4) is 0 Å². The van der Waals surface area contributed by atoms with Crippen LogP contribution in [0.2, 0.25) is 5.02 Å². The summed E-state index contributed by atoms with van der Waals surface area (Å²) in [5, 5.41) is 3.04. The van der Waals surface area contributed by atoms with Crippen LogP contribution in [-0.4, -0.2) is 25.1 Å². The molecule has 0 atom stereocenters. The zero-order valence-electron chi connectivity index (χ0n) is 14.2. The van der Waals surface area contributed by atoms with Crippen molar-refractivity contribution in [2.45, 2.75) is 20.3 Å². The van der Waals surface area contributed by atoms with Gasteiger partial charge in [-0.05, 0) is 43.7 Å². The van der Waals surface area contributed by atoms with Crippen LogP contribution in [0, 0.1) is 13.8 Å². The quantitative estimate of drug-likeness (QED) is 0.759. The number of hydrogen-bond acceptors (Lipinski definition) is 4. The van der Waals surface area contributed by atoms with E-state index in [4.69, 9.17) is 21.1 Å². The fourth-order valence-electron chi connectivity index (χ4n) is 2.01. The molecule has 0 unspecified atom stereocenters. The van der Waals surface area contributed by atoms with Gasteiger partial charge in [-0.2, -0.15) is 0 Å². The molecule has 0 fully saturated rings. The second kappa shape index (κ2) is 9.08. The number of esters is 1. The van der Waals surface area contributed by atoms with Crippen molar-refractivity contribution in [3.05, 3.63) is 58.6 Å². The normalized spacial score (nSPS) is 10.2. The summed E-state index contributed by atoms with van der Waals surface area (Å²) >= 11 is 6.03. The molecule has 0 heterocycles. The summed E-state index contributed by atoms with van der Waals surface area (Å²) in [5.41, 5.74) is 2.60. The van der Waals surface area contributed by atoms with Gasteiger partial charge in [-0.1, -0.05) is 35.4 Å². The summed E-state index contributed by atoms with van der Waals surface area (Å²) in [5.74, 6) is -0.263. The van der Waals surface area contributed by atoms with E-state index in [2.05, 4.69) is 5.32 Å². The third-order valence-corrected chi connectivity index (χ3v) is 3.67. The summed E-state index contributed by atoms with van der Waals surface area (Å²) in [4.78, 5) is 23.5. The lowest BCUT2D eigenvalue weighted by atomic mass is 10.2. The average Bonchev–Trinajstić information content (AvgIpc) is 2.57. The molecule has 0 aliphatic rings. The van der Waals surface area contributed by atoms with Crippen molar-refractivity contribution in [3.63, 3.8) is 0 Å². The van der Waals surface area contributed by atoms with Crippen LogP contribution in [-0.2, 0) is 14.3 Å². The number of carbonyl (C=O) groups excluding carboxylic acids is 2. The molecule has 2 aromatic carbocycles. The topological polar surface area (TPSA) is 64.6 Å². The van der Waals surface area contributed by atoms with E-state index in [-0.39, 0.29) is 19.6 Å². The molecular weight excluding hydrogens is 342 g/mol. The predicted octanol–water partition coefficient (Wildman–Crippen LogP) is 3.91. The van der Waals surface area contributed by atoms with E-state index in [1.54, 1.807) is 12.1 Å². The van der Waals surface area contributed by atoms with Gasteiger partial charge in [0, 0.05) is 0 Å². The smallest absolute Gasteiger partial charge is 0.309 e. The molecule has 0 aliphatic carbocycles. The molecule has 5 nitrogen and oxygen atoms in total. The molecule has 0 saturated heterocycles. The average molecular weight is 362 g/mol. The van der Waals surface area contributed by atoms with Crippen molar-refractivity contribution < 1.29 is 19.1 Å². The largest absolute Gasteiger partial charge is 0.493 e. The summed E-state index contributed by atoms with van der Waals surface area (Å²) in [6.45, 7) is 3.70. The molecule has 0 saturated carbocycles. The number of halogens is 1. The number of benzene rings is 2. The van der Waals surface area contributed by atoms with Gasteiger partial charge in [-0.3, -0.25) is 9.59 Å². The van der Waals surface area contributed by atoms with Crippen LogP contribution in [0.25, 0.3) is 0 Å². The number of carbonyl (C=O) groups is 2. The Hall–Kier alpha value is -2.53. The highest BCUT2D eigenvalue weighted by Crippen LogP contribution is 2.22. The molecule has 1 amide bonds. The fourth-order valence-corrected chi connectivity index (χ4v) is 2.30. The minimum absolute atomic E-state index is 0.0619. The highest BCUT2D eigenvalue weighted by atomic mass is 35.5. The Kier molecular flexibility index (Phi) is 6.83. The first kappa shape index (κ1) is 18.8. The summed E-state index contributed by atoms with van der Waals surface area (Å²) in [6, 6.07) is 12.8. The Bertz CT molecular complexity index is 744. The predicted molar refractivity (Wildman–Crippen MR) is 97.1 cm³/mol. The molecule has 0 bridgehead atoms. The minimum atomic E-state index is -0.503. The van der Waals surface area contributed by atoms with Crippen LogP contribution in [0.15, 0.2) is 42.5 Å². The van der Waals surface area contributed by atoms with Crippen molar-refractivity contribution in [2.24, 2.45) is 0 Å². The van der Waals surface area contributed by atoms with Gasteiger partial charge in [0.2, 0.25) is 0 Å². The molecule has 25 heavy (non-hydrogen) atoms. The molecule has 0 spiro atoms. The highest BCUT2D eigenvalue weighted by molar-refractivity contribution is 6.33. The maximum Gasteiger partial charge on any atom is 0.309 e. The Balaban J connectivity index is 1.68. The molecule has 1 N–H and O–H groups in total. The number of ether oxygens (including phenoxy) is 2. The van der Waals surface area contributed by atoms with Crippen LogP contribution >= 0.6 is 11.6 Å². The molecule has 2 aromatic rings. The van der Waals surface area contributed by atoms with E-state index >= 15 is 0 Å². The van der Waals surface area contributed by atoms with Crippen molar-refractivity contribution in [1.29, 1.82) is 0 Å². The van der Waals surface area contributed by atoms with E-state index in [1.165, 1.54) is 0 Å². The maximum atomic E-state index is 11.8. The van der Waals surface area contributed by atoms with E-state index in [9.17, 15) is 9.59 Å². The lowest BCUT2D eigenvalue weighted by Gasteiger charge is -2.09. The van der Waals surface area contributed by atoms with Crippen molar-refractivity contribution in [1.82, 2.24) is 0 Å². The Morgan fingerprint density at radius 2 is 1.72 bits per heavy atom. The van der Waals surface area contributed by atoms with Crippen LogP contribution in [0.4, 0.5) is 5.69 Å². The zero-order chi connectivity index (χ0) is 18.2. The van der Waals surface area contributed by atoms with Gasteiger partial charge in [0.05, 0.1) is 23.7 Å². The third kappa shape index (κ3) is 6.47. The first-order chi connectivity index (χ1) is 11.9. The summed E-state index contributed by atoms with van der Waals surface area (Å²) in [7, 11) is 0. The SMILES string of the molecule is Cc1ccc(OCCC(=O)OCC(=O)Nc2ccc(C)cc2Cl)cc1. The number of aryl methyl sites for hydroxylation is 2. The molecule has 6 heteroatoms. The summed E-state index contributed by atoms with van der Waals surface area (Å²) < 4.78 is 10.4. The second-order valence-corrected chi connectivity index (χ2v) is 6.01. The lowest BCUT2D eigenvalue weighted by Crippen LogP contribution is -2.21.